The summed E-state index contributed by atoms with van der Waals surface area (Å²) in [4.78, 5) is 38.7. The van der Waals surface area contributed by atoms with Crippen molar-refractivity contribution in [1.82, 2.24) is 4.90 Å². The van der Waals surface area contributed by atoms with E-state index in [0.717, 1.165) is 31.1 Å². The van der Waals surface area contributed by atoms with Crippen molar-refractivity contribution in [2.24, 2.45) is 0 Å². The number of halogens is 2. The number of methoxy groups -OCH3 is 1. The molecule has 2 aromatic carbocycles. The molecule has 1 aliphatic rings. The van der Waals surface area contributed by atoms with Crippen molar-refractivity contribution < 1.29 is 23.9 Å². The number of hydrogen-bond donors (Lipinski definition) is 1. The number of ether oxygens (including phenoxy) is 2. The first-order valence-corrected chi connectivity index (χ1v) is 12.3. The highest BCUT2D eigenvalue weighted by Crippen LogP contribution is 2.37. The van der Waals surface area contributed by atoms with Gasteiger partial charge in [0.1, 0.15) is 6.54 Å². The lowest BCUT2D eigenvalue weighted by Gasteiger charge is -2.13. The van der Waals surface area contributed by atoms with Crippen molar-refractivity contribution in [3.05, 3.63) is 54.9 Å². The number of imide groups is 1. The second-order valence-electron chi connectivity index (χ2n) is 6.71. The molecule has 1 saturated heterocycles. The number of carbonyl (C=O) groups is 3. The first kappa shape index (κ1) is 24.6. The van der Waals surface area contributed by atoms with Crippen LogP contribution in [0, 0.1) is 3.57 Å². The lowest BCUT2D eigenvalue weighted by molar-refractivity contribution is -0.127. The van der Waals surface area contributed by atoms with Crippen molar-refractivity contribution in [3.8, 4) is 11.5 Å². The predicted molar refractivity (Wildman–Crippen MR) is 137 cm³/mol. The number of hydrogen-bond acceptors (Lipinski definition) is 6. The van der Waals surface area contributed by atoms with Gasteiger partial charge in [-0.15, -0.1) is 0 Å². The number of rotatable bonds is 8. The van der Waals surface area contributed by atoms with Crippen LogP contribution in [0.1, 0.15) is 18.9 Å². The standard InChI is InChI=1S/C22H20BrIN2O5S/c1-3-8-31-20-16(24)9-13(10-17(20)30-2)11-18-21(28)26(22(29)32-18)12-19(27)25-15-6-4-14(23)5-7-15/h4-7,9-11H,3,8,12H2,1-2H3,(H,25,27)/b18-11-. The molecule has 168 valence electrons. The third-order valence-corrected chi connectivity index (χ3v) is 6.54. The van der Waals surface area contributed by atoms with Gasteiger partial charge >= 0.3 is 0 Å². The van der Waals surface area contributed by atoms with Crippen LogP contribution in [0.25, 0.3) is 6.08 Å². The summed E-state index contributed by atoms with van der Waals surface area (Å²) < 4.78 is 12.9. The maximum absolute atomic E-state index is 12.8. The average Bonchev–Trinajstić information content (AvgIpc) is 3.01. The van der Waals surface area contributed by atoms with Crippen LogP contribution >= 0.6 is 50.3 Å². The molecule has 32 heavy (non-hydrogen) atoms. The molecule has 1 heterocycles. The zero-order valence-electron chi connectivity index (χ0n) is 17.3. The van der Waals surface area contributed by atoms with E-state index in [2.05, 4.69) is 43.8 Å². The summed E-state index contributed by atoms with van der Waals surface area (Å²) in [5.41, 5.74) is 1.27. The molecule has 1 aliphatic heterocycles. The normalized spacial score (nSPS) is 14.8. The summed E-state index contributed by atoms with van der Waals surface area (Å²) in [6.07, 6.45) is 2.48. The molecule has 3 rings (SSSR count). The van der Waals surface area contributed by atoms with Gasteiger partial charge in [0.15, 0.2) is 11.5 Å². The summed E-state index contributed by atoms with van der Waals surface area (Å²) in [5.74, 6) is 0.227. The average molecular weight is 631 g/mol. The molecule has 0 aliphatic carbocycles. The Morgan fingerprint density at radius 1 is 1.25 bits per heavy atom. The molecule has 7 nitrogen and oxygen atoms in total. The Bertz CT molecular complexity index is 1070. The molecule has 0 aromatic heterocycles. The minimum Gasteiger partial charge on any atom is -0.493 e. The minimum atomic E-state index is -0.508. The van der Waals surface area contributed by atoms with Gasteiger partial charge in [0.05, 0.1) is 22.2 Å². The van der Waals surface area contributed by atoms with Crippen molar-refractivity contribution in [1.29, 1.82) is 0 Å². The van der Waals surface area contributed by atoms with Crippen LogP contribution < -0.4 is 14.8 Å². The van der Waals surface area contributed by atoms with Crippen LogP contribution in [-0.4, -0.2) is 42.2 Å². The van der Waals surface area contributed by atoms with E-state index >= 15 is 0 Å². The Morgan fingerprint density at radius 2 is 1.97 bits per heavy atom. The third-order valence-electron chi connectivity index (χ3n) is 4.30. The van der Waals surface area contributed by atoms with Gasteiger partial charge in [-0.05, 0) is 88.8 Å². The molecular formula is C22H20BrIN2O5S. The van der Waals surface area contributed by atoms with Crippen molar-refractivity contribution in [2.45, 2.75) is 13.3 Å². The Hall–Kier alpha value is -2.05. The number of thioether (sulfide) groups is 1. The van der Waals surface area contributed by atoms with E-state index in [4.69, 9.17) is 9.47 Å². The fourth-order valence-corrected chi connectivity index (χ4v) is 4.72. The fourth-order valence-electron chi connectivity index (χ4n) is 2.83. The summed E-state index contributed by atoms with van der Waals surface area (Å²) >= 11 is 6.27. The largest absolute Gasteiger partial charge is 0.493 e. The first-order valence-electron chi connectivity index (χ1n) is 9.63. The van der Waals surface area contributed by atoms with Crippen molar-refractivity contribution in [3.63, 3.8) is 0 Å². The lowest BCUT2D eigenvalue weighted by Crippen LogP contribution is -2.36. The SMILES string of the molecule is CCCOc1c(I)cc(/C=C2\SC(=O)N(CC(=O)Nc3ccc(Br)cc3)C2=O)cc1OC. The molecule has 0 bridgehead atoms. The molecule has 1 fully saturated rings. The van der Waals surface area contributed by atoms with Gasteiger partial charge in [-0.25, -0.2) is 0 Å². The predicted octanol–water partition coefficient (Wildman–Crippen LogP) is 5.53. The van der Waals surface area contributed by atoms with Gasteiger partial charge in [-0.1, -0.05) is 22.9 Å². The number of nitrogens with one attached hydrogen (secondary N) is 1. The number of carbonyl (C=O) groups excluding carboxylic acids is 3. The Kier molecular flexibility index (Phi) is 8.60. The van der Waals surface area contributed by atoms with Gasteiger partial charge in [-0.3, -0.25) is 19.3 Å². The molecule has 0 atom stereocenters. The van der Waals surface area contributed by atoms with E-state index in [0.29, 0.717) is 29.4 Å². The second-order valence-corrected chi connectivity index (χ2v) is 9.78. The van der Waals surface area contributed by atoms with Crippen LogP contribution in [0.2, 0.25) is 0 Å². The first-order chi connectivity index (χ1) is 15.3. The molecule has 3 amide bonds. The molecule has 0 radical (unpaired) electrons. The number of amides is 3. The minimum absolute atomic E-state index is 0.242. The molecular weight excluding hydrogens is 611 g/mol. The maximum atomic E-state index is 12.8. The van der Waals surface area contributed by atoms with Gasteiger partial charge in [-0.2, -0.15) is 0 Å². The van der Waals surface area contributed by atoms with E-state index in [1.165, 1.54) is 0 Å². The van der Waals surface area contributed by atoms with Crippen LogP contribution in [0.3, 0.4) is 0 Å². The molecule has 10 heteroatoms. The van der Waals surface area contributed by atoms with Gasteiger partial charge < -0.3 is 14.8 Å². The van der Waals surface area contributed by atoms with Crippen LogP contribution in [0.4, 0.5) is 10.5 Å². The molecule has 0 spiro atoms. The maximum Gasteiger partial charge on any atom is 0.294 e. The quantitative estimate of drug-likeness (QED) is 0.305. The summed E-state index contributed by atoms with van der Waals surface area (Å²) in [6, 6.07) is 10.6. The van der Waals surface area contributed by atoms with E-state index in [9.17, 15) is 14.4 Å². The van der Waals surface area contributed by atoms with Gasteiger partial charge in [0, 0.05) is 10.2 Å². The highest BCUT2D eigenvalue weighted by atomic mass is 127. The molecule has 0 unspecified atom stereocenters. The van der Waals surface area contributed by atoms with E-state index in [1.54, 1.807) is 43.5 Å². The van der Waals surface area contributed by atoms with Gasteiger partial charge in [0.25, 0.3) is 11.1 Å². The zero-order valence-corrected chi connectivity index (χ0v) is 21.9. The second kappa shape index (κ2) is 11.2. The topological polar surface area (TPSA) is 84.9 Å². The van der Waals surface area contributed by atoms with Crippen molar-refractivity contribution >= 4 is 79.1 Å². The van der Waals surface area contributed by atoms with Crippen LogP contribution in [0.15, 0.2) is 45.8 Å². The number of benzene rings is 2. The fraction of sp³-hybridized carbons (Fsp3) is 0.227. The highest BCUT2D eigenvalue weighted by molar-refractivity contribution is 14.1. The summed E-state index contributed by atoms with van der Waals surface area (Å²) in [7, 11) is 1.55. The Balaban J connectivity index is 1.74. The number of nitrogens with zero attached hydrogens (tertiary/aromatic N) is 1. The zero-order chi connectivity index (χ0) is 23.3. The monoisotopic (exact) mass is 630 g/mol. The van der Waals surface area contributed by atoms with Crippen molar-refractivity contribution in [2.75, 3.05) is 25.6 Å². The van der Waals surface area contributed by atoms with E-state index in [1.807, 2.05) is 13.0 Å². The molecule has 0 saturated carbocycles. The molecule has 2 aromatic rings. The number of anilines is 1. The Morgan fingerprint density at radius 3 is 2.62 bits per heavy atom. The van der Waals surface area contributed by atoms with E-state index in [-0.39, 0.29) is 11.4 Å². The van der Waals surface area contributed by atoms with Crippen LogP contribution in [-0.2, 0) is 9.59 Å². The Labute approximate surface area is 212 Å². The smallest absolute Gasteiger partial charge is 0.294 e. The third kappa shape index (κ3) is 6.04. The van der Waals surface area contributed by atoms with Gasteiger partial charge in [0.2, 0.25) is 5.91 Å². The van der Waals surface area contributed by atoms with E-state index < -0.39 is 17.1 Å². The summed E-state index contributed by atoms with van der Waals surface area (Å²) in [5, 5.41) is 2.19. The van der Waals surface area contributed by atoms with Crippen LogP contribution in [0.5, 0.6) is 11.5 Å². The highest BCUT2D eigenvalue weighted by Gasteiger charge is 2.36. The lowest BCUT2D eigenvalue weighted by atomic mass is 10.2. The molecule has 1 N–H and O–H groups in total. The summed E-state index contributed by atoms with van der Waals surface area (Å²) in [6.45, 7) is 2.22.